The van der Waals surface area contributed by atoms with Crippen molar-refractivity contribution in [2.45, 2.75) is 12.3 Å². The second-order valence-corrected chi connectivity index (χ2v) is 2.55. The van der Waals surface area contributed by atoms with E-state index >= 15 is 0 Å². The van der Waals surface area contributed by atoms with Gasteiger partial charge < -0.3 is 4.90 Å². The predicted molar refractivity (Wildman–Crippen MR) is 33.9 cm³/mol. The summed E-state index contributed by atoms with van der Waals surface area (Å²) in [7, 11) is 2.26. The van der Waals surface area contributed by atoms with Crippen molar-refractivity contribution >= 4 is 6.03 Å². The number of nitrogens with one attached hydrogen (secondary N) is 1. The lowest BCUT2D eigenvalue weighted by Crippen LogP contribution is -2.48. The molecule has 0 bridgehead atoms. The molecule has 0 spiro atoms. The normalized spacial score (nSPS) is 26.2. The van der Waals surface area contributed by atoms with Gasteiger partial charge in [0, 0.05) is 14.1 Å². The third kappa shape index (κ3) is 1.31. The van der Waals surface area contributed by atoms with Crippen LogP contribution in [0.4, 0.5) is 18.0 Å². The van der Waals surface area contributed by atoms with Gasteiger partial charge in [-0.15, -0.1) is 0 Å². The number of urea groups is 1. The molecule has 2 amide bonds. The molecule has 1 rings (SSSR count). The van der Waals surface area contributed by atoms with Crippen molar-refractivity contribution in [3.8, 4) is 0 Å². The molecule has 0 aromatic carbocycles. The van der Waals surface area contributed by atoms with E-state index in [2.05, 4.69) is 0 Å². The highest BCUT2D eigenvalue weighted by molar-refractivity contribution is 5.75. The molecular weight excluding hydrogens is 175 g/mol. The summed E-state index contributed by atoms with van der Waals surface area (Å²) in [5.41, 5.74) is 2.02. The van der Waals surface area contributed by atoms with E-state index in [1.54, 1.807) is 0 Å². The summed E-state index contributed by atoms with van der Waals surface area (Å²) in [5.74, 6) is 0. The van der Waals surface area contributed by atoms with E-state index in [-0.39, 0.29) is 0 Å². The quantitative estimate of drug-likeness (QED) is 0.589. The lowest BCUT2D eigenvalue weighted by atomic mass is 10.4. The Labute approximate surface area is 66.9 Å². The van der Waals surface area contributed by atoms with Crippen LogP contribution in [0.3, 0.4) is 0 Å². The Morgan fingerprint density at radius 3 is 2.08 bits per heavy atom. The Balaban J connectivity index is 2.84. The maximum absolute atomic E-state index is 12.2. The van der Waals surface area contributed by atoms with Crippen LogP contribution in [0.5, 0.6) is 0 Å². The SMILES string of the molecule is CN1NC(=O)N(C)C1C(F)(F)F. The monoisotopic (exact) mass is 183 g/mol. The van der Waals surface area contributed by atoms with Crippen molar-refractivity contribution < 1.29 is 18.0 Å². The first-order valence-electron chi connectivity index (χ1n) is 3.17. The Kier molecular flexibility index (Phi) is 1.91. The molecule has 0 aromatic heterocycles. The number of hydrogen-bond acceptors (Lipinski definition) is 2. The zero-order valence-electron chi connectivity index (χ0n) is 6.51. The van der Waals surface area contributed by atoms with Gasteiger partial charge in [-0.05, 0) is 0 Å². The average molecular weight is 183 g/mol. The van der Waals surface area contributed by atoms with Gasteiger partial charge in [0.25, 0.3) is 0 Å². The first-order valence-corrected chi connectivity index (χ1v) is 3.17. The summed E-state index contributed by atoms with van der Waals surface area (Å²) < 4.78 is 36.5. The van der Waals surface area contributed by atoms with Crippen LogP contribution in [0.25, 0.3) is 0 Å². The lowest BCUT2D eigenvalue weighted by Gasteiger charge is -2.24. The van der Waals surface area contributed by atoms with E-state index in [1.165, 1.54) is 7.05 Å². The molecule has 12 heavy (non-hydrogen) atoms. The highest BCUT2D eigenvalue weighted by Gasteiger charge is 2.51. The highest BCUT2D eigenvalue weighted by atomic mass is 19.4. The van der Waals surface area contributed by atoms with E-state index in [4.69, 9.17) is 0 Å². The minimum atomic E-state index is -4.43. The predicted octanol–water partition coefficient (Wildman–Crippen LogP) is 0.377. The summed E-state index contributed by atoms with van der Waals surface area (Å²) in [6.07, 6.45) is -6.30. The number of rotatable bonds is 0. The van der Waals surface area contributed by atoms with Crippen LogP contribution in [0.2, 0.25) is 0 Å². The van der Waals surface area contributed by atoms with Gasteiger partial charge in [-0.2, -0.15) is 18.2 Å². The van der Waals surface area contributed by atoms with Crippen LogP contribution in [-0.2, 0) is 0 Å². The molecule has 70 valence electrons. The number of nitrogens with zero attached hydrogens (tertiary/aromatic N) is 2. The van der Waals surface area contributed by atoms with Crippen LogP contribution in [0.1, 0.15) is 0 Å². The third-order valence-electron chi connectivity index (χ3n) is 1.62. The van der Waals surface area contributed by atoms with Gasteiger partial charge in [0.15, 0.2) is 6.17 Å². The Hall–Kier alpha value is -0.980. The van der Waals surface area contributed by atoms with Crippen molar-refractivity contribution in [1.82, 2.24) is 15.3 Å². The number of hydrogen-bond donors (Lipinski definition) is 1. The van der Waals surface area contributed by atoms with Gasteiger partial charge in [-0.3, -0.25) is 5.43 Å². The Morgan fingerprint density at radius 2 is 1.92 bits per heavy atom. The molecule has 1 N–H and O–H groups in total. The zero-order chi connectivity index (χ0) is 9.52. The smallest absolute Gasteiger partial charge is 0.301 e. The number of carbonyl (C=O) groups excluding carboxylic acids is 1. The lowest BCUT2D eigenvalue weighted by molar-refractivity contribution is -0.202. The summed E-state index contributed by atoms with van der Waals surface area (Å²) in [6, 6.07) is -0.750. The minimum Gasteiger partial charge on any atom is -0.301 e. The van der Waals surface area contributed by atoms with Crippen molar-refractivity contribution in [1.29, 1.82) is 0 Å². The van der Waals surface area contributed by atoms with E-state index in [1.807, 2.05) is 5.43 Å². The molecule has 0 aliphatic carbocycles. The second-order valence-electron chi connectivity index (χ2n) is 2.55. The maximum atomic E-state index is 12.2. The molecule has 1 fully saturated rings. The van der Waals surface area contributed by atoms with Crippen molar-refractivity contribution in [3.63, 3.8) is 0 Å². The molecule has 1 aliphatic rings. The standard InChI is InChI=1S/C5H8F3N3O/c1-10-3(5(6,7)8)11(2)9-4(10)12/h3H,1-2H3,(H,9,12). The van der Waals surface area contributed by atoms with E-state index in [0.717, 1.165) is 12.1 Å². The largest absolute Gasteiger partial charge is 0.424 e. The van der Waals surface area contributed by atoms with Gasteiger partial charge in [0.1, 0.15) is 0 Å². The van der Waals surface area contributed by atoms with Crippen LogP contribution in [0, 0.1) is 0 Å². The van der Waals surface area contributed by atoms with Crippen molar-refractivity contribution in [3.05, 3.63) is 0 Å². The molecule has 1 saturated heterocycles. The van der Waals surface area contributed by atoms with Crippen LogP contribution in [-0.4, -0.2) is 42.4 Å². The van der Waals surface area contributed by atoms with Gasteiger partial charge in [-0.25, -0.2) is 4.79 Å². The first kappa shape index (κ1) is 9.11. The number of amides is 2. The highest BCUT2D eigenvalue weighted by Crippen LogP contribution is 2.27. The summed E-state index contributed by atoms with van der Waals surface area (Å²) in [4.78, 5) is 11.3. The molecule has 7 heteroatoms. The van der Waals surface area contributed by atoms with Crippen molar-refractivity contribution in [2.24, 2.45) is 0 Å². The fourth-order valence-corrected chi connectivity index (χ4v) is 1.10. The van der Waals surface area contributed by atoms with Crippen LogP contribution < -0.4 is 5.43 Å². The molecule has 0 radical (unpaired) electrons. The van der Waals surface area contributed by atoms with Crippen LogP contribution >= 0.6 is 0 Å². The minimum absolute atomic E-state index is 0.597. The van der Waals surface area contributed by atoms with E-state index in [9.17, 15) is 18.0 Å². The van der Waals surface area contributed by atoms with Gasteiger partial charge in [-0.1, -0.05) is 0 Å². The number of alkyl halides is 3. The molecular formula is C5H8F3N3O. The summed E-state index contributed by atoms with van der Waals surface area (Å²) >= 11 is 0. The maximum Gasteiger partial charge on any atom is 0.424 e. The molecule has 4 nitrogen and oxygen atoms in total. The fourth-order valence-electron chi connectivity index (χ4n) is 1.10. The summed E-state index contributed by atoms with van der Waals surface area (Å²) in [6.45, 7) is 0. The topological polar surface area (TPSA) is 35.6 Å². The third-order valence-corrected chi connectivity index (χ3v) is 1.62. The molecule has 1 unspecified atom stereocenters. The van der Waals surface area contributed by atoms with E-state index < -0.39 is 18.4 Å². The average Bonchev–Trinajstić information content (AvgIpc) is 2.05. The number of hydrazine groups is 1. The molecule has 1 atom stereocenters. The van der Waals surface area contributed by atoms with Crippen LogP contribution in [0.15, 0.2) is 0 Å². The fraction of sp³-hybridized carbons (Fsp3) is 0.800. The zero-order valence-corrected chi connectivity index (χ0v) is 6.51. The van der Waals surface area contributed by atoms with Crippen molar-refractivity contribution in [2.75, 3.05) is 14.1 Å². The van der Waals surface area contributed by atoms with Gasteiger partial charge >= 0.3 is 12.2 Å². The number of carbonyl (C=O) groups is 1. The van der Waals surface area contributed by atoms with Gasteiger partial charge in [0.2, 0.25) is 0 Å². The Bertz CT molecular complexity index is 205. The second kappa shape index (κ2) is 2.51. The molecule has 1 aliphatic heterocycles. The molecule has 0 saturated carbocycles. The van der Waals surface area contributed by atoms with E-state index in [0.29, 0.717) is 4.90 Å². The van der Waals surface area contributed by atoms with Gasteiger partial charge in [0.05, 0.1) is 0 Å². The molecule has 0 aromatic rings. The Morgan fingerprint density at radius 1 is 1.42 bits per heavy atom. The first-order chi connectivity index (χ1) is 5.34. The molecule has 1 heterocycles. The summed E-state index contributed by atoms with van der Waals surface area (Å²) in [5, 5.41) is 0.725. The number of halogens is 3.